The normalized spacial score (nSPS) is 11.8. The molecule has 0 fully saturated rings. The highest BCUT2D eigenvalue weighted by Crippen LogP contribution is 2.10. The van der Waals surface area contributed by atoms with Gasteiger partial charge in [-0.1, -0.05) is 24.6 Å². The smallest absolute Gasteiger partial charge is 0.252 e. The standard InChI is InChI=1S/C15H22N2O2/c1-5-8-16-14(18)12(4)17-15(19)13-9-10(2)6-7-11(13)3/h6-7,9,12H,5,8H2,1-4H3,(H,16,18)(H,17,19)/t12-/m0/s1. The molecule has 0 aliphatic heterocycles. The zero-order valence-corrected chi connectivity index (χ0v) is 12.0. The van der Waals surface area contributed by atoms with Gasteiger partial charge in [-0.3, -0.25) is 9.59 Å². The maximum absolute atomic E-state index is 12.1. The van der Waals surface area contributed by atoms with Crippen molar-refractivity contribution in [3.63, 3.8) is 0 Å². The molecule has 0 saturated carbocycles. The van der Waals surface area contributed by atoms with Crippen LogP contribution in [0.5, 0.6) is 0 Å². The summed E-state index contributed by atoms with van der Waals surface area (Å²) in [5, 5.41) is 5.48. The van der Waals surface area contributed by atoms with E-state index in [4.69, 9.17) is 0 Å². The van der Waals surface area contributed by atoms with Crippen molar-refractivity contribution >= 4 is 11.8 Å². The summed E-state index contributed by atoms with van der Waals surface area (Å²) in [6, 6.07) is 5.18. The first kappa shape index (κ1) is 15.2. The lowest BCUT2D eigenvalue weighted by Crippen LogP contribution is -2.45. The van der Waals surface area contributed by atoms with Crippen LogP contribution in [0.4, 0.5) is 0 Å². The number of amides is 2. The van der Waals surface area contributed by atoms with Gasteiger partial charge < -0.3 is 10.6 Å². The van der Waals surface area contributed by atoms with Crippen LogP contribution in [-0.2, 0) is 4.79 Å². The number of nitrogens with one attached hydrogen (secondary N) is 2. The maximum Gasteiger partial charge on any atom is 0.252 e. The van der Waals surface area contributed by atoms with Gasteiger partial charge in [0.15, 0.2) is 0 Å². The Bertz CT molecular complexity index is 469. The Morgan fingerprint density at radius 3 is 2.58 bits per heavy atom. The summed E-state index contributed by atoms with van der Waals surface area (Å²) >= 11 is 0. The molecule has 0 spiro atoms. The van der Waals surface area contributed by atoms with E-state index >= 15 is 0 Å². The highest BCUT2D eigenvalue weighted by Gasteiger charge is 2.17. The van der Waals surface area contributed by atoms with Crippen molar-refractivity contribution in [2.45, 2.75) is 40.2 Å². The number of aryl methyl sites for hydroxylation is 2. The lowest BCUT2D eigenvalue weighted by Gasteiger charge is -2.15. The predicted octanol–water partition coefficient (Wildman–Crippen LogP) is 1.95. The van der Waals surface area contributed by atoms with Gasteiger partial charge in [0.25, 0.3) is 5.91 Å². The second-order valence-corrected chi connectivity index (χ2v) is 4.80. The van der Waals surface area contributed by atoms with E-state index in [1.54, 1.807) is 6.92 Å². The molecule has 0 radical (unpaired) electrons. The SMILES string of the molecule is CCCNC(=O)[C@H](C)NC(=O)c1cc(C)ccc1C. The number of hydrogen-bond acceptors (Lipinski definition) is 2. The van der Waals surface area contributed by atoms with Gasteiger partial charge in [-0.15, -0.1) is 0 Å². The Balaban J connectivity index is 2.68. The topological polar surface area (TPSA) is 58.2 Å². The highest BCUT2D eigenvalue weighted by molar-refractivity contribution is 5.98. The number of rotatable bonds is 5. The van der Waals surface area contributed by atoms with Crippen molar-refractivity contribution < 1.29 is 9.59 Å². The molecule has 0 heterocycles. The minimum atomic E-state index is -0.529. The van der Waals surface area contributed by atoms with Crippen molar-refractivity contribution in [3.8, 4) is 0 Å². The van der Waals surface area contributed by atoms with E-state index in [-0.39, 0.29) is 11.8 Å². The lowest BCUT2D eigenvalue weighted by molar-refractivity contribution is -0.122. The van der Waals surface area contributed by atoms with Crippen molar-refractivity contribution in [3.05, 3.63) is 34.9 Å². The van der Waals surface area contributed by atoms with Crippen LogP contribution in [0, 0.1) is 13.8 Å². The monoisotopic (exact) mass is 262 g/mol. The average molecular weight is 262 g/mol. The summed E-state index contributed by atoms with van der Waals surface area (Å²) < 4.78 is 0. The van der Waals surface area contributed by atoms with Crippen LogP contribution < -0.4 is 10.6 Å². The minimum absolute atomic E-state index is 0.152. The Morgan fingerprint density at radius 1 is 1.26 bits per heavy atom. The quantitative estimate of drug-likeness (QED) is 0.852. The molecule has 104 valence electrons. The average Bonchev–Trinajstić information content (AvgIpc) is 2.38. The molecule has 1 aromatic carbocycles. The summed E-state index contributed by atoms with van der Waals surface area (Å²) in [6.07, 6.45) is 0.878. The van der Waals surface area contributed by atoms with Gasteiger partial charge in [0, 0.05) is 12.1 Å². The van der Waals surface area contributed by atoms with E-state index in [2.05, 4.69) is 10.6 Å². The van der Waals surface area contributed by atoms with E-state index in [0.29, 0.717) is 12.1 Å². The van der Waals surface area contributed by atoms with Crippen molar-refractivity contribution in [2.75, 3.05) is 6.54 Å². The first-order chi connectivity index (χ1) is 8.95. The van der Waals surface area contributed by atoms with Crippen molar-refractivity contribution in [1.82, 2.24) is 10.6 Å². The van der Waals surface area contributed by atoms with Gasteiger partial charge >= 0.3 is 0 Å². The van der Waals surface area contributed by atoms with Crippen molar-refractivity contribution in [1.29, 1.82) is 0 Å². The van der Waals surface area contributed by atoms with E-state index in [9.17, 15) is 9.59 Å². The summed E-state index contributed by atoms with van der Waals surface area (Å²) in [5.74, 6) is -0.360. The van der Waals surface area contributed by atoms with E-state index in [1.165, 1.54) is 0 Å². The predicted molar refractivity (Wildman–Crippen MR) is 76.1 cm³/mol. The second kappa shape index (κ2) is 6.92. The summed E-state index contributed by atoms with van der Waals surface area (Å²) in [6.45, 7) is 8.12. The molecule has 4 heteroatoms. The molecule has 1 aromatic rings. The largest absolute Gasteiger partial charge is 0.354 e. The Kier molecular flexibility index (Phi) is 5.55. The number of hydrogen-bond donors (Lipinski definition) is 2. The van der Waals surface area contributed by atoms with Crippen molar-refractivity contribution in [2.24, 2.45) is 0 Å². The molecule has 0 aliphatic carbocycles. The first-order valence-electron chi connectivity index (χ1n) is 6.61. The fraction of sp³-hybridized carbons (Fsp3) is 0.467. The van der Waals surface area contributed by atoms with Gasteiger partial charge in [-0.2, -0.15) is 0 Å². The van der Waals surface area contributed by atoms with Gasteiger partial charge in [-0.05, 0) is 38.8 Å². The minimum Gasteiger partial charge on any atom is -0.354 e. The van der Waals surface area contributed by atoms with E-state index in [0.717, 1.165) is 17.5 Å². The summed E-state index contributed by atoms with van der Waals surface area (Å²) in [5.41, 5.74) is 2.55. The van der Waals surface area contributed by atoms with Crippen LogP contribution in [-0.4, -0.2) is 24.4 Å². The number of carbonyl (C=O) groups is 2. The molecule has 0 unspecified atom stereocenters. The van der Waals surface area contributed by atoms with Gasteiger partial charge in [0.1, 0.15) is 6.04 Å². The third kappa shape index (κ3) is 4.39. The molecule has 0 bridgehead atoms. The Labute approximate surface area is 114 Å². The molecule has 1 rings (SSSR count). The third-order valence-electron chi connectivity index (χ3n) is 2.93. The lowest BCUT2D eigenvalue weighted by atomic mass is 10.0. The van der Waals surface area contributed by atoms with Gasteiger partial charge in [0.05, 0.1) is 0 Å². The molecule has 0 saturated heterocycles. The highest BCUT2D eigenvalue weighted by atomic mass is 16.2. The molecule has 2 amide bonds. The van der Waals surface area contributed by atoms with Crippen LogP contribution in [0.2, 0.25) is 0 Å². The number of carbonyl (C=O) groups excluding carboxylic acids is 2. The second-order valence-electron chi connectivity index (χ2n) is 4.80. The molecule has 2 N–H and O–H groups in total. The molecule has 0 aliphatic rings. The molecule has 1 atom stereocenters. The zero-order chi connectivity index (χ0) is 14.4. The fourth-order valence-electron chi connectivity index (χ4n) is 1.72. The zero-order valence-electron chi connectivity index (χ0n) is 12.0. The van der Waals surface area contributed by atoms with Crippen LogP contribution in [0.3, 0.4) is 0 Å². The van der Waals surface area contributed by atoms with Crippen LogP contribution in [0.25, 0.3) is 0 Å². The Morgan fingerprint density at radius 2 is 1.95 bits per heavy atom. The fourth-order valence-corrected chi connectivity index (χ4v) is 1.72. The molecular formula is C15H22N2O2. The van der Waals surface area contributed by atoms with Crippen LogP contribution >= 0.6 is 0 Å². The van der Waals surface area contributed by atoms with Crippen LogP contribution in [0.1, 0.15) is 41.8 Å². The number of benzene rings is 1. The first-order valence-corrected chi connectivity index (χ1v) is 6.61. The van der Waals surface area contributed by atoms with E-state index in [1.807, 2.05) is 39.0 Å². The Hall–Kier alpha value is -1.84. The van der Waals surface area contributed by atoms with E-state index < -0.39 is 6.04 Å². The third-order valence-corrected chi connectivity index (χ3v) is 2.93. The van der Waals surface area contributed by atoms with Crippen LogP contribution in [0.15, 0.2) is 18.2 Å². The molecule has 4 nitrogen and oxygen atoms in total. The summed E-state index contributed by atoms with van der Waals surface area (Å²) in [4.78, 5) is 23.8. The molecule has 19 heavy (non-hydrogen) atoms. The maximum atomic E-state index is 12.1. The molecule has 0 aromatic heterocycles. The van der Waals surface area contributed by atoms with Gasteiger partial charge in [0.2, 0.25) is 5.91 Å². The summed E-state index contributed by atoms with van der Waals surface area (Å²) in [7, 11) is 0. The van der Waals surface area contributed by atoms with Gasteiger partial charge in [-0.25, -0.2) is 0 Å². The molecular weight excluding hydrogens is 240 g/mol.